The van der Waals surface area contributed by atoms with Crippen molar-refractivity contribution in [1.29, 1.82) is 0 Å². The molecule has 0 atom stereocenters. The van der Waals surface area contributed by atoms with E-state index in [1.54, 1.807) is 0 Å². The van der Waals surface area contributed by atoms with Gasteiger partial charge in [0.1, 0.15) is 5.60 Å². The monoisotopic (exact) mass is 474 g/mol. The lowest BCUT2D eigenvalue weighted by molar-refractivity contribution is 0.0529. The van der Waals surface area contributed by atoms with Crippen LogP contribution in [0.3, 0.4) is 0 Å². The molecule has 1 aromatic carbocycles. The summed E-state index contributed by atoms with van der Waals surface area (Å²) in [5.41, 5.74) is 0.535. The summed E-state index contributed by atoms with van der Waals surface area (Å²) >= 11 is 0. The van der Waals surface area contributed by atoms with E-state index in [1.807, 2.05) is 51.1 Å². The predicted molar refractivity (Wildman–Crippen MR) is 117 cm³/mol. The fraction of sp³-hybridized carbons (Fsp3) is 0.579. The van der Waals surface area contributed by atoms with Crippen molar-refractivity contribution in [3.8, 4) is 0 Å². The van der Waals surface area contributed by atoms with E-state index >= 15 is 0 Å². The molecule has 6 nitrogen and oxygen atoms in total. The summed E-state index contributed by atoms with van der Waals surface area (Å²) < 4.78 is 5.23. The van der Waals surface area contributed by atoms with Crippen LogP contribution in [0.5, 0.6) is 0 Å². The number of carbonyl (C=O) groups excluding carboxylic acids is 1. The van der Waals surface area contributed by atoms with Crippen LogP contribution in [0.25, 0.3) is 0 Å². The standard InChI is InChI=1S/C19H30N4O2.HI/c1-19(2,3)25-18(24)21-13-12-20-17(23-14-8-5-9-15-23)22-16-10-6-4-7-11-16;/h4,6-7,10-11H,5,8-9,12-15H2,1-3H3,(H,20,22)(H,21,24);1H. The maximum Gasteiger partial charge on any atom is 0.407 e. The number of anilines is 1. The topological polar surface area (TPSA) is 66.0 Å². The molecule has 26 heavy (non-hydrogen) atoms. The van der Waals surface area contributed by atoms with Crippen LogP contribution in [-0.4, -0.2) is 48.7 Å². The van der Waals surface area contributed by atoms with E-state index < -0.39 is 11.7 Å². The number of halogens is 1. The summed E-state index contributed by atoms with van der Waals surface area (Å²) in [4.78, 5) is 18.6. The van der Waals surface area contributed by atoms with Crippen molar-refractivity contribution in [2.75, 3.05) is 31.5 Å². The fourth-order valence-corrected chi connectivity index (χ4v) is 2.61. The first kappa shape index (κ1) is 22.5. The summed E-state index contributed by atoms with van der Waals surface area (Å²) in [5, 5.41) is 6.15. The number of carbonyl (C=O) groups is 1. The summed E-state index contributed by atoms with van der Waals surface area (Å²) in [5.74, 6) is 0.872. The molecule has 1 aromatic rings. The molecule has 1 aliphatic rings. The third-order valence-electron chi connectivity index (χ3n) is 3.73. The molecule has 1 saturated heterocycles. The molecule has 1 fully saturated rings. The minimum absolute atomic E-state index is 0. The molecule has 0 aliphatic carbocycles. The highest BCUT2D eigenvalue weighted by Crippen LogP contribution is 2.12. The normalized spacial score (nSPS) is 15.0. The summed E-state index contributed by atoms with van der Waals surface area (Å²) in [7, 11) is 0. The number of nitrogens with one attached hydrogen (secondary N) is 2. The zero-order chi connectivity index (χ0) is 18.1. The molecular weight excluding hydrogens is 443 g/mol. The Morgan fingerprint density at radius 3 is 2.42 bits per heavy atom. The largest absolute Gasteiger partial charge is 0.444 e. The second kappa shape index (κ2) is 11.3. The maximum absolute atomic E-state index is 11.7. The number of piperidine rings is 1. The van der Waals surface area contributed by atoms with Crippen LogP contribution in [0.15, 0.2) is 35.3 Å². The third kappa shape index (κ3) is 8.73. The van der Waals surface area contributed by atoms with Crippen molar-refractivity contribution < 1.29 is 9.53 Å². The van der Waals surface area contributed by atoms with E-state index in [0.717, 1.165) is 24.7 Å². The van der Waals surface area contributed by atoms with Gasteiger partial charge in [-0.15, -0.1) is 24.0 Å². The molecule has 0 saturated carbocycles. The molecule has 1 aliphatic heterocycles. The van der Waals surface area contributed by atoms with Gasteiger partial charge in [-0.1, -0.05) is 18.2 Å². The van der Waals surface area contributed by atoms with E-state index in [4.69, 9.17) is 4.74 Å². The van der Waals surface area contributed by atoms with Crippen LogP contribution < -0.4 is 10.6 Å². The Morgan fingerprint density at radius 1 is 1.15 bits per heavy atom. The Bertz CT molecular complexity index is 567. The van der Waals surface area contributed by atoms with Gasteiger partial charge < -0.3 is 20.3 Å². The Morgan fingerprint density at radius 2 is 1.81 bits per heavy atom. The van der Waals surface area contributed by atoms with E-state index in [0.29, 0.717) is 13.1 Å². The number of aliphatic imine (C=N–C) groups is 1. The highest BCUT2D eigenvalue weighted by atomic mass is 127. The highest BCUT2D eigenvalue weighted by molar-refractivity contribution is 14.0. The Balaban J connectivity index is 0.00000338. The first-order valence-electron chi connectivity index (χ1n) is 9.02. The third-order valence-corrected chi connectivity index (χ3v) is 3.73. The molecule has 7 heteroatoms. The smallest absolute Gasteiger partial charge is 0.407 e. The summed E-state index contributed by atoms with van der Waals surface area (Å²) in [6.07, 6.45) is 3.24. The minimum atomic E-state index is -0.485. The molecule has 2 rings (SSSR count). The Kier molecular flexibility index (Phi) is 9.75. The lowest BCUT2D eigenvalue weighted by Crippen LogP contribution is -2.40. The van der Waals surface area contributed by atoms with E-state index in [9.17, 15) is 4.79 Å². The van der Waals surface area contributed by atoms with Gasteiger partial charge in [0.25, 0.3) is 0 Å². The van der Waals surface area contributed by atoms with Gasteiger partial charge in [-0.3, -0.25) is 4.99 Å². The number of para-hydroxylation sites is 1. The van der Waals surface area contributed by atoms with Crippen molar-refractivity contribution in [2.24, 2.45) is 4.99 Å². The van der Waals surface area contributed by atoms with Gasteiger partial charge in [0.05, 0.1) is 6.54 Å². The number of benzene rings is 1. The Labute approximate surface area is 173 Å². The quantitative estimate of drug-likeness (QED) is 0.299. The van der Waals surface area contributed by atoms with E-state index in [1.165, 1.54) is 19.3 Å². The fourth-order valence-electron chi connectivity index (χ4n) is 2.61. The van der Waals surface area contributed by atoms with Crippen molar-refractivity contribution in [1.82, 2.24) is 10.2 Å². The number of ether oxygens (including phenoxy) is 1. The number of rotatable bonds is 4. The lowest BCUT2D eigenvalue weighted by atomic mass is 10.1. The molecular formula is C19H31IN4O2. The van der Waals surface area contributed by atoms with Crippen molar-refractivity contribution in [3.63, 3.8) is 0 Å². The summed E-state index contributed by atoms with van der Waals surface area (Å²) in [6, 6.07) is 10.0. The van der Waals surface area contributed by atoms with Gasteiger partial charge in [-0.25, -0.2) is 4.79 Å². The number of hydrogen-bond acceptors (Lipinski definition) is 3. The number of alkyl carbamates (subject to hydrolysis) is 1. The number of guanidine groups is 1. The molecule has 1 heterocycles. The van der Waals surface area contributed by atoms with Crippen LogP contribution in [0.1, 0.15) is 40.0 Å². The molecule has 0 radical (unpaired) electrons. The van der Waals surface area contributed by atoms with Gasteiger partial charge in [0, 0.05) is 25.3 Å². The first-order chi connectivity index (χ1) is 11.9. The maximum atomic E-state index is 11.7. The van der Waals surface area contributed by atoms with Gasteiger partial charge in [0.2, 0.25) is 0 Å². The van der Waals surface area contributed by atoms with E-state index in [-0.39, 0.29) is 24.0 Å². The predicted octanol–water partition coefficient (Wildman–Crippen LogP) is 4.08. The lowest BCUT2D eigenvalue weighted by Gasteiger charge is -2.30. The highest BCUT2D eigenvalue weighted by Gasteiger charge is 2.16. The number of nitrogens with zero attached hydrogens (tertiary/aromatic N) is 2. The van der Waals surface area contributed by atoms with Crippen LogP contribution in [0.4, 0.5) is 10.5 Å². The molecule has 146 valence electrons. The van der Waals surface area contributed by atoms with Gasteiger partial charge >= 0.3 is 6.09 Å². The molecule has 0 unspecified atom stereocenters. The average Bonchev–Trinajstić information content (AvgIpc) is 2.58. The average molecular weight is 474 g/mol. The molecule has 2 N–H and O–H groups in total. The second-order valence-electron chi connectivity index (χ2n) is 7.17. The van der Waals surface area contributed by atoms with Crippen molar-refractivity contribution in [2.45, 2.75) is 45.6 Å². The number of amides is 1. The van der Waals surface area contributed by atoms with Crippen LogP contribution >= 0.6 is 24.0 Å². The number of likely N-dealkylation sites (tertiary alicyclic amines) is 1. The Hall–Kier alpha value is -1.51. The van der Waals surface area contributed by atoms with Gasteiger partial charge in [0.15, 0.2) is 5.96 Å². The molecule has 0 aromatic heterocycles. The molecule has 0 bridgehead atoms. The zero-order valence-electron chi connectivity index (χ0n) is 16.0. The first-order valence-corrected chi connectivity index (χ1v) is 9.02. The van der Waals surface area contributed by atoms with Crippen LogP contribution in [-0.2, 0) is 4.74 Å². The van der Waals surface area contributed by atoms with Gasteiger partial charge in [-0.2, -0.15) is 0 Å². The van der Waals surface area contributed by atoms with Gasteiger partial charge in [-0.05, 0) is 52.2 Å². The van der Waals surface area contributed by atoms with E-state index in [2.05, 4.69) is 20.5 Å². The number of hydrogen-bond donors (Lipinski definition) is 2. The zero-order valence-corrected chi connectivity index (χ0v) is 18.3. The molecule has 0 spiro atoms. The second-order valence-corrected chi connectivity index (χ2v) is 7.17. The minimum Gasteiger partial charge on any atom is -0.444 e. The SMILES string of the molecule is CC(C)(C)OC(=O)NCCN=C(Nc1ccccc1)N1CCCCC1.I. The summed E-state index contributed by atoms with van der Waals surface area (Å²) in [6.45, 7) is 8.53. The van der Waals surface area contributed by atoms with Crippen molar-refractivity contribution in [3.05, 3.63) is 30.3 Å². The van der Waals surface area contributed by atoms with Crippen LogP contribution in [0, 0.1) is 0 Å². The van der Waals surface area contributed by atoms with Crippen molar-refractivity contribution >= 4 is 41.7 Å². The van der Waals surface area contributed by atoms with Crippen LogP contribution in [0.2, 0.25) is 0 Å². The molecule has 1 amide bonds.